The van der Waals surface area contributed by atoms with Crippen molar-refractivity contribution in [3.05, 3.63) is 48.1 Å². The van der Waals surface area contributed by atoms with E-state index in [0.29, 0.717) is 0 Å². The van der Waals surface area contributed by atoms with Crippen LogP contribution in [0.2, 0.25) is 0 Å². The molecular formula is C17H26. The van der Waals surface area contributed by atoms with Crippen LogP contribution in [-0.2, 0) is 0 Å². The van der Waals surface area contributed by atoms with Gasteiger partial charge >= 0.3 is 0 Å². The Morgan fingerprint density at radius 3 is 3.00 bits per heavy atom. The molecule has 94 valence electrons. The standard InChI is InChI=1S/C17H26/c1-2-3-4-5-8-11-14-17-15-12-9-6-7-10-13-16-17/h2-5,9,12,15H,6-8,10-11,13-14,16H2,1H3/b3-2+,5-4+,12-9-,17-15-. The highest BCUT2D eigenvalue weighted by molar-refractivity contribution is 5.13. The Morgan fingerprint density at radius 1 is 1.18 bits per heavy atom. The van der Waals surface area contributed by atoms with E-state index in [2.05, 4.69) is 49.5 Å². The predicted octanol–water partition coefficient (Wildman–Crippen LogP) is 5.74. The van der Waals surface area contributed by atoms with E-state index in [1.165, 1.54) is 51.4 Å². The Labute approximate surface area is 107 Å². The minimum Gasteiger partial charge on any atom is -0.0877 e. The smallest absolute Gasteiger partial charge is 0.0314 e. The first kappa shape index (κ1) is 14.0. The first-order valence-corrected chi connectivity index (χ1v) is 7.06. The molecule has 0 nitrogen and oxygen atoms in total. The molecule has 0 amide bonds. The number of rotatable bonds is 5. The molecule has 0 heteroatoms. The van der Waals surface area contributed by atoms with Crippen LogP contribution >= 0.6 is 0 Å². The largest absolute Gasteiger partial charge is 0.0877 e. The van der Waals surface area contributed by atoms with Crippen molar-refractivity contribution < 1.29 is 0 Å². The van der Waals surface area contributed by atoms with Gasteiger partial charge < -0.3 is 0 Å². The fourth-order valence-corrected chi connectivity index (χ4v) is 2.12. The van der Waals surface area contributed by atoms with Gasteiger partial charge in [0.05, 0.1) is 0 Å². The Morgan fingerprint density at radius 2 is 2.12 bits per heavy atom. The van der Waals surface area contributed by atoms with E-state index in [1.807, 2.05) is 0 Å². The molecule has 0 atom stereocenters. The third-order valence-electron chi connectivity index (χ3n) is 3.15. The maximum atomic E-state index is 2.35. The van der Waals surface area contributed by atoms with E-state index < -0.39 is 0 Å². The van der Waals surface area contributed by atoms with Gasteiger partial charge in [0.25, 0.3) is 0 Å². The highest BCUT2D eigenvalue weighted by atomic mass is 14.0. The second-order valence-corrected chi connectivity index (χ2v) is 4.70. The topological polar surface area (TPSA) is 0 Å². The zero-order valence-corrected chi connectivity index (χ0v) is 11.2. The maximum Gasteiger partial charge on any atom is -0.0314 e. The lowest BCUT2D eigenvalue weighted by atomic mass is 10.0. The van der Waals surface area contributed by atoms with Crippen LogP contribution < -0.4 is 0 Å². The molecule has 0 aromatic carbocycles. The van der Waals surface area contributed by atoms with Gasteiger partial charge in [-0.1, -0.05) is 54.5 Å². The second kappa shape index (κ2) is 10.1. The fourth-order valence-electron chi connectivity index (χ4n) is 2.12. The Bertz CT molecular complexity index is 289. The van der Waals surface area contributed by atoms with Crippen LogP contribution in [0.3, 0.4) is 0 Å². The van der Waals surface area contributed by atoms with Crippen LogP contribution in [0.5, 0.6) is 0 Å². The van der Waals surface area contributed by atoms with E-state index in [4.69, 9.17) is 0 Å². The molecule has 0 unspecified atom stereocenters. The molecule has 1 aliphatic rings. The lowest BCUT2D eigenvalue weighted by Gasteiger charge is -2.05. The van der Waals surface area contributed by atoms with Gasteiger partial charge in [-0.2, -0.15) is 0 Å². The number of allylic oxidation sites excluding steroid dienone is 8. The molecule has 0 saturated carbocycles. The molecule has 0 aromatic rings. The van der Waals surface area contributed by atoms with Gasteiger partial charge in [0, 0.05) is 0 Å². The molecule has 0 radical (unpaired) electrons. The van der Waals surface area contributed by atoms with Crippen molar-refractivity contribution in [3.63, 3.8) is 0 Å². The minimum atomic E-state index is 1.20. The summed E-state index contributed by atoms with van der Waals surface area (Å²) in [6.07, 6.45) is 26.0. The summed E-state index contributed by atoms with van der Waals surface area (Å²) in [6, 6.07) is 0. The SMILES string of the molecule is C/C=C/C=C/CCC/C1=C/C=C\CCCCC1. The fraction of sp³-hybridized carbons (Fsp3) is 0.529. The zero-order chi connectivity index (χ0) is 12.2. The van der Waals surface area contributed by atoms with Gasteiger partial charge in [0.15, 0.2) is 0 Å². The first-order chi connectivity index (χ1) is 8.43. The summed E-state index contributed by atoms with van der Waals surface area (Å²) in [4.78, 5) is 0. The molecule has 1 aliphatic carbocycles. The summed E-state index contributed by atoms with van der Waals surface area (Å²) >= 11 is 0. The molecule has 0 N–H and O–H groups in total. The summed E-state index contributed by atoms with van der Waals surface area (Å²) in [5.41, 5.74) is 1.64. The predicted molar refractivity (Wildman–Crippen MR) is 78.1 cm³/mol. The molecule has 0 bridgehead atoms. The van der Waals surface area contributed by atoms with Gasteiger partial charge in [-0.3, -0.25) is 0 Å². The summed E-state index contributed by atoms with van der Waals surface area (Å²) < 4.78 is 0. The molecule has 0 heterocycles. The minimum absolute atomic E-state index is 1.20. The average molecular weight is 230 g/mol. The Kier molecular flexibility index (Phi) is 8.36. The van der Waals surface area contributed by atoms with Crippen LogP contribution in [0.1, 0.15) is 58.3 Å². The summed E-state index contributed by atoms with van der Waals surface area (Å²) in [6.45, 7) is 2.05. The Hall–Kier alpha value is -1.04. The van der Waals surface area contributed by atoms with Crippen molar-refractivity contribution in [1.82, 2.24) is 0 Å². The molecular weight excluding hydrogens is 204 g/mol. The van der Waals surface area contributed by atoms with E-state index >= 15 is 0 Å². The number of hydrogen-bond acceptors (Lipinski definition) is 0. The monoisotopic (exact) mass is 230 g/mol. The van der Waals surface area contributed by atoms with Crippen molar-refractivity contribution in [2.75, 3.05) is 0 Å². The highest BCUT2D eigenvalue weighted by Gasteiger charge is 1.98. The van der Waals surface area contributed by atoms with Crippen molar-refractivity contribution in [2.24, 2.45) is 0 Å². The van der Waals surface area contributed by atoms with E-state index in [-0.39, 0.29) is 0 Å². The van der Waals surface area contributed by atoms with Crippen molar-refractivity contribution >= 4 is 0 Å². The lowest BCUT2D eigenvalue weighted by molar-refractivity contribution is 0.667. The third-order valence-corrected chi connectivity index (χ3v) is 3.15. The van der Waals surface area contributed by atoms with E-state index in [9.17, 15) is 0 Å². The first-order valence-electron chi connectivity index (χ1n) is 7.06. The molecule has 1 rings (SSSR count). The van der Waals surface area contributed by atoms with Crippen LogP contribution in [0.4, 0.5) is 0 Å². The maximum absolute atomic E-state index is 2.35. The number of unbranched alkanes of at least 4 members (excludes halogenated alkanes) is 1. The molecule has 0 aliphatic heterocycles. The van der Waals surface area contributed by atoms with Crippen molar-refractivity contribution in [2.45, 2.75) is 58.3 Å². The third kappa shape index (κ3) is 7.79. The zero-order valence-electron chi connectivity index (χ0n) is 11.2. The van der Waals surface area contributed by atoms with Gasteiger partial charge in [-0.05, 0) is 51.9 Å². The van der Waals surface area contributed by atoms with Crippen LogP contribution in [0, 0.1) is 0 Å². The summed E-state index contributed by atoms with van der Waals surface area (Å²) in [5, 5.41) is 0. The molecule has 0 aromatic heterocycles. The van der Waals surface area contributed by atoms with Gasteiger partial charge in [0.1, 0.15) is 0 Å². The van der Waals surface area contributed by atoms with Crippen LogP contribution in [0.15, 0.2) is 48.1 Å². The quantitative estimate of drug-likeness (QED) is 0.417. The molecule has 0 spiro atoms. The summed E-state index contributed by atoms with van der Waals surface area (Å²) in [7, 11) is 0. The van der Waals surface area contributed by atoms with Crippen LogP contribution in [-0.4, -0.2) is 0 Å². The van der Waals surface area contributed by atoms with Crippen molar-refractivity contribution in [3.8, 4) is 0 Å². The van der Waals surface area contributed by atoms with Gasteiger partial charge in [-0.25, -0.2) is 0 Å². The number of hydrogen-bond donors (Lipinski definition) is 0. The highest BCUT2D eigenvalue weighted by Crippen LogP contribution is 2.18. The molecule has 17 heavy (non-hydrogen) atoms. The molecule has 0 fully saturated rings. The van der Waals surface area contributed by atoms with E-state index in [0.717, 1.165) is 0 Å². The lowest BCUT2D eigenvalue weighted by Crippen LogP contribution is -1.85. The van der Waals surface area contributed by atoms with Gasteiger partial charge in [-0.15, -0.1) is 0 Å². The normalized spacial score (nSPS) is 23.0. The summed E-state index contributed by atoms with van der Waals surface area (Å²) in [5.74, 6) is 0. The Balaban J connectivity index is 2.23. The van der Waals surface area contributed by atoms with Gasteiger partial charge in [0.2, 0.25) is 0 Å². The van der Waals surface area contributed by atoms with Crippen molar-refractivity contribution in [1.29, 1.82) is 0 Å². The average Bonchev–Trinajstić information content (AvgIpc) is 2.47. The molecule has 0 saturated heterocycles. The second-order valence-electron chi connectivity index (χ2n) is 4.70. The van der Waals surface area contributed by atoms with Crippen LogP contribution in [0.25, 0.3) is 0 Å². The van der Waals surface area contributed by atoms with E-state index in [1.54, 1.807) is 5.57 Å².